The average molecular weight is 289 g/mol. The summed E-state index contributed by atoms with van der Waals surface area (Å²) in [5.41, 5.74) is -0.837. The third-order valence-corrected chi connectivity index (χ3v) is 4.72. The molecule has 0 aromatic heterocycles. The molecule has 0 amide bonds. The first-order valence-electron chi connectivity index (χ1n) is 5.58. The maximum absolute atomic E-state index is 13.2. The molecule has 0 unspecified atom stereocenters. The lowest BCUT2D eigenvalue weighted by atomic mass is 10.3. The third kappa shape index (κ3) is 2.72. The van der Waals surface area contributed by atoms with E-state index in [1.54, 1.807) is 0 Å². The van der Waals surface area contributed by atoms with Crippen molar-refractivity contribution in [2.24, 2.45) is 0 Å². The Labute approximate surface area is 109 Å². The average Bonchev–Trinajstić information content (AvgIpc) is 2.39. The monoisotopic (exact) mass is 289 g/mol. The summed E-state index contributed by atoms with van der Waals surface area (Å²) in [7, 11) is -3.81. The van der Waals surface area contributed by atoms with Crippen molar-refractivity contribution >= 4 is 15.7 Å². The van der Waals surface area contributed by atoms with Gasteiger partial charge in [0.05, 0.1) is 9.82 Å². The molecule has 0 radical (unpaired) electrons. The highest BCUT2D eigenvalue weighted by atomic mass is 32.2. The highest BCUT2D eigenvalue weighted by Crippen LogP contribution is 2.24. The molecule has 7 nitrogen and oxygen atoms in total. The van der Waals surface area contributed by atoms with Crippen molar-refractivity contribution in [1.29, 1.82) is 0 Å². The zero-order valence-corrected chi connectivity index (χ0v) is 10.7. The van der Waals surface area contributed by atoms with E-state index in [2.05, 4.69) is 5.32 Å². The lowest BCUT2D eigenvalue weighted by molar-refractivity contribution is -0.387. The van der Waals surface area contributed by atoms with Crippen molar-refractivity contribution in [3.05, 3.63) is 34.1 Å². The van der Waals surface area contributed by atoms with Gasteiger partial charge >= 0.3 is 5.69 Å². The summed E-state index contributed by atoms with van der Waals surface area (Å²) in [4.78, 5) is 9.42. The summed E-state index contributed by atoms with van der Waals surface area (Å²) in [5.74, 6) is -1.05. The number of sulfonamides is 1. The van der Waals surface area contributed by atoms with Crippen LogP contribution < -0.4 is 5.32 Å². The van der Waals surface area contributed by atoms with Gasteiger partial charge in [-0.1, -0.05) is 0 Å². The molecule has 0 atom stereocenters. The maximum atomic E-state index is 13.2. The largest absolute Gasteiger partial charge is 0.314 e. The Kier molecular flexibility index (Phi) is 3.78. The number of piperazine rings is 1. The Morgan fingerprint density at radius 3 is 2.53 bits per heavy atom. The number of hydrogen-bond acceptors (Lipinski definition) is 5. The SMILES string of the molecule is O=[N+]([O-])c1cc(S(=O)(=O)N2CCNCC2)ccc1F. The molecule has 0 saturated carbocycles. The van der Waals surface area contributed by atoms with Gasteiger partial charge < -0.3 is 5.32 Å². The topological polar surface area (TPSA) is 92.5 Å². The van der Waals surface area contributed by atoms with E-state index in [1.165, 1.54) is 4.31 Å². The highest BCUT2D eigenvalue weighted by molar-refractivity contribution is 7.89. The molecule has 1 aliphatic heterocycles. The molecule has 1 aliphatic rings. The van der Waals surface area contributed by atoms with Crippen LogP contribution in [0.2, 0.25) is 0 Å². The number of halogens is 1. The normalized spacial score (nSPS) is 17.3. The molecule has 1 aromatic carbocycles. The second-order valence-electron chi connectivity index (χ2n) is 4.02. The fourth-order valence-corrected chi connectivity index (χ4v) is 3.29. The van der Waals surface area contributed by atoms with Crippen LogP contribution in [0.15, 0.2) is 23.1 Å². The Bertz CT molecular complexity index is 599. The van der Waals surface area contributed by atoms with E-state index in [9.17, 15) is 22.9 Å². The molecular weight excluding hydrogens is 277 g/mol. The van der Waals surface area contributed by atoms with Crippen LogP contribution in [0.25, 0.3) is 0 Å². The van der Waals surface area contributed by atoms with Gasteiger partial charge in [0.1, 0.15) is 0 Å². The predicted molar refractivity (Wildman–Crippen MR) is 64.7 cm³/mol. The molecule has 9 heteroatoms. The first-order valence-corrected chi connectivity index (χ1v) is 7.02. The van der Waals surface area contributed by atoms with Gasteiger partial charge in [-0.3, -0.25) is 10.1 Å². The first kappa shape index (κ1) is 13.8. The van der Waals surface area contributed by atoms with Crippen LogP contribution in [-0.4, -0.2) is 43.8 Å². The summed E-state index contributed by atoms with van der Waals surface area (Å²) in [6.45, 7) is 1.60. The summed E-state index contributed by atoms with van der Waals surface area (Å²) in [6.07, 6.45) is 0. The van der Waals surface area contributed by atoms with E-state index in [0.29, 0.717) is 13.1 Å². The molecule has 0 aliphatic carbocycles. The zero-order valence-electron chi connectivity index (χ0n) is 9.87. The van der Waals surface area contributed by atoms with Crippen LogP contribution in [0.4, 0.5) is 10.1 Å². The van der Waals surface area contributed by atoms with Gasteiger partial charge in [-0.15, -0.1) is 0 Å². The molecule has 1 aromatic rings. The Hall–Kier alpha value is -1.58. The number of nitrogens with zero attached hydrogens (tertiary/aromatic N) is 2. The molecule has 0 bridgehead atoms. The number of benzene rings is 1. The molecular formula is C10H12FN3O4S. The standard InChI is InChI=1S/C10H12FN3O4S/c11-9-2-1-8(7-10(9)14(15)16)19(17,18)13-5-3-12-4-6-13/h1-2,7,12H,3-6H2. The minimum atomic E-state index is -3.81. The van der Waals surface area contributed by atoms with Crippen molar-refractivity contribution in [2.75, 3.05) is 26.2 Å². The zero-order chi connectivity index (χ0) is 14.0. The predicted octanol–water partition coefficient (Wildman–Crippen LogP) is 0.328. The number of nitro benzene ring substituents is 1. The van der Waals surface area contributed by atoms with Crippen LogP contribution in [0.3, 0.4) is 0 Å². The third-order valence-electron chi connectivity index (χ3n) is 2.83. The van der Waals surface area contributed by atoms with E-state index in [0.717, 1.165) is 18.2 Å². The summed E-state index contributed by atoms with van der Waals surface area (Å²) < 4.78 is 38.9. The summed E-state index contributed by atoms with van der Waals surface area (Å²) >= 11 is 0. The van der Waals surface area contributed by atoms with Gasteiger partial charge in [0.15, 0.2) is 0 Å². The lowest BCUT2D eigenvalue weighted by Gasteiger charge is -2.26. The highest BCUT2D eigenvalue weighted by Gasteiger charge is 2.28. The first-order chi connectivity index (χ1) is 8.93. The van der Waals surface area contributed by atoms with E-state index < -0.39 is 26.5 Å². The molecule has 0 spiro atoms. The quantitative estimate of drug-likeness (QED) is 0.639. The fourth-order valence-electron chi connectivity index (χ4n) is 1.83. The van der Waals surface area contributed by atoms with E-state index in [-0.39, 0.29) is 18.0 Å². The van der Waals surface area contributed by atoms with E-state index in [1.807, 2.05) is 0 Å². The van der Waals surface area contributed by atoms with Crippen molar-refractivity contribution in [3.8, 4) is 0 Å². The second kappa shape index (κ2) is 5.19. The Morgan fingerprint density at radius 2 is 1.95 bits per heavy atom. The van der Waals surface area contributed by atoms with Gasteiger partial charge in [-0.05, 0) is 12.1 Å². The summed E-state index contributed by atoms with van der Waals surface area (Å²) in [6, 6.07) is 2.60. The molecule has 2 rings (SSSR count). The van der Waals surface area contributed by atoms with E-state index >= 15 is 0 Å². The Balaban J connectivity index is 2.40. The Morgan fingerprint density at radius 1 is 1.32 bits per heavy atom. The maximum Gasteiger partial charge on any atom is 0.306 e. The van der Waals surface area contributed by atoms with Crippen LogP contribution in [0.5, 0.6) is 0 Å². The van der Waals surface area contributed by atoms with E-state index in [4.69, 9.17) is 0 Å². The van der Waals surface area contributed by atoms with Crippen molar-refractivity contribution < 1.29 is 17.7 Å². The van der Waals surface area contributed by atoms with Crippen LogP contribution in [0.1, 0.15) is 0 Å². The number of nitrogens with one attached hydrogen (secondary N) is 1. The van der Waals surface area contributed by atoms with Gasteiger partial charge in [-0.25, -0.2) is 8.42 Å². The van der Waals surface area contributed by atoms with Crippen molar-refractivity contribution in [3.63, 3.8) is 0 Å². The second-order valence-corrected chi connectivity index (χ2v) is 5.96. The molecule has 1 fully saturated rings. The van der Waals surface area contributed by atoms with Gasteiger partial charge in [0.2, 0.25) is 15.8 Å². The van der Waals surface area contributed by atoms with Gasteiger partial charge in [0, 0.05) is 32.2 Å². The number of rotatable bonds is 3. The smallest absolute Gasteiger partial charge is 0.306 e. The lowest BCUT2D eigenvalue weighted by Crippen LogP contribution is -2.46. The molecule has 104 valence electrons. The van der Waals surface area contributed by atoms with Gasteiger partial charge in [-0.2, -0.15) is 8.70 Å². The van der Waals surface area contributed by atoms with Crippen molar-refractivity contribution in [1.82, 2.24) is 9.62 Å². The summed E-state index contributed by atoms with van der Waals surface area (Å²) in [5, 5.41) is 13.6. The molecule has 1 saturated heterocycles. The van der Waals surface area contributed by atoms with Crippen LogP contribution in [0, 0.1) is 15.9 Å². The van der Waals surface area contributed by atoms with Crippen molar-refractivity contribution in [2.45, 2.75) is 4.90 Å². The van der Waals surface area contributed by atoms with Crippen LogP contribution in [-0.2, 0) is 10.0 Å². The molecule has 1 heterocycles. The number of nitro groups is 1. The molecule has 19 heavy (non-hydrogen) atoms. The minimum absolute atomic E-state index is 0.262. The minimum Gasteiger partial charge on any atom is -0.314 e. The van der Waals surface area contributed by atoms with Crippen LogP contribution >= 0.6 is 0 Å². The number of hydrogen-bond donors (Lipinski definition) is 1. The molecule has 1 N–H and O–H groups in total. The van der Waals surface area contributed by atoms with Gasteiger partial charge in [0.25, 0.3) is 0 Å². The fraction of sp³-hybridized carbons (Fsp3) is 0.400.